The van der Waals surface area contributed by atoms with Gasteiger partial charge in [0.2, 0.25) is 5.88 Å². The van der Waals surface area contributed by atoms with Gasteiger partial charge in [-0.15, -0.1) is 0 Å². The van der Waals surface area contributed by atoms with E-state index in [1.54, 1.807) is 18.6 Å². The van der Waals surface area contributed by atoms with Crippen molar-refractivity contribution in [2.24, 2.45) is 0 Å². The number of aromatic nitrogens is 2. The molecule has 22 heavy (non-hydrogen) atoms. The standard InChI is InChI=1S/C16H16IN3O2/c17-14-6-2-1-5-13(14)16(21)20-9-3-4-12(11-20)22-15-10-18-7-8-19-15/h1-2,5-8,10,12H,3-4,9,11H2. The molecule has 0 bridgehead atoms. The highest BCUT2D eigenvalue weighted by atomic mass is 127. The molecule has 1 atom stereocenters. The quantitative estimate of drug-likeness (QED) is 0.732. The van der Waals surface area contributed by atoms with Crippen LogP contribution in [0, 0.1) is 3.57 Å². The molecule has 1 aromatic heterocycles. The van der Waals surface area contributed by atoms with Crippen LogP contribution < -0.4 is 4.74 Å². The number of carbonyl (C=O) groups excluding carboxylic acids is 1. The van der Waals surface area contributed by atoms with Crippen LogP contribution in [0.4, 0.5) is 0 Å². The third-order valence-corrected chi connectivity index (χ3v) is 4.54. The molecule has 0 saturated carbocycles. The van der Waals surface area contributed by atoms with Crippen molar-refractivity contribution in [1.29, 1.82) is 0 Å². The highest BCUT2D eigenvalue weighted by Crippen LogP contribution is 2.20. The average Bonchev–Trinajstić information content (AvgIpc) is 2.56. The Hall–Kier alpha value is -1.70. The van der Waals surface area contributed by atoms with E-state index in [-0.39, 0.29) is 12.0 Å². The summed E-state index contributed by atoms with van der Waals surface area (Å²) in [5.41, 5.74) is 0.753. The van der Waals surface area contributed by atoms with Crippen molar-refractivity contribution >= 4 is 28.5 Å². The predicted octanol–water partition coefficient (Wildman–Crippen LogP) is 2.76. The number of rotatable bonds is 3. The van der Waals surface area contributed by atoms with Crippen LogP contribution in [0.1, 0.15) is 23.2 Å². The van der Waals surface area contributed by atoms with Crippen molar-refractivity contribution in [3.8, 4) is 5.88 Å². The van der Waals surface area contributed by atoms with Gasteiger partial charge in [-0.2, -0.15) is 0 Å². The molecule has 1 fully saturated rings. The molecule has 5 nitrogen and oxygen atoms in total. The summed E-state index contributed by atoms with van der Waals surface area (Å²) >= 11 is 2.20. The number of ether oxygens (including phenoxy) is 1. The molecule has 6 heteroatoms. The number of amides is 1. The second-order valence-corrected chi connectivity index (χ2v) is 6.32. The van der Waals surface area contributed by atoms with Crippen LogP contribution in [0.3, 0.4) is 0 Å². The normalized spacial score (nSPS) is 18.0. The Labute approximate surface area is 142 Å². The number of halogens is 1. The zero-order valence-corrected chi connectivity index (χ0v) is 14.1. The minimum atomic E-state index is -0.0317. The number of benzene rings is 1. The fourth-order valence-electron chi connectivity index (χ4n) is 2.54. The number of carbonyl (C=O) groups is 1. The average molecular weight is 409 g/mol. The van der Waals surface area contributed by atoms with Gasteiger partial charge in [0.25, 0.3) is 5.91 Å². The molecular weight excluding hydrogens is 393 g/mol. The van der Waals surface area contributed by atoms with Gasteiger partial charge in [-0.3, -0.25) is 9.78 Å². The maximum Gasteiger partial charge on any atom is 0.255 e. The first kappa shape index (κ1) is 15.2. The summed E-state index contributed by atoms with van der Waals surface area (Å²) < 4.78 is 6.81. The molecule has 0 spiro atoms. The highest BCUT2D eigenvalue weighted by Gasteiger charge is 2.26. The van der Waals surface area contributed by atoms with Crippen molar-refractivity contribution in [3.63, 3.8) is 0 Å². The summed E-state index contributed by atoms with van der Waals surface area (Å²) in [6.07, 6.45) is 6.64. The molecule has 2 heterocycles. The Morgan fingerprint density at radius 2 is 2.18 bits per heavy atom. The van der Waals surface area contributed by atoms with Crippen LogP contribution in [0.5, 0.6) is 5.88 Å². The fraction of sp³-hybridized carbons (Fsp3) is 0.312. The molecular formula is C16H16IN3O2. The van der Waals surface area contributed by atoms with Crippen LogP contribution >= 0.6 is 22.6 Å². The van der Waals surface area contributed by atoms with Crippen LogP contribution in [-0.2, 0) is 0 Å². The van der Waals surface area contributed by atoms with Crippen LogP contribution in [0.15, 0.2) is 42.9 Å². The SMILES string of the molecule is O=C(c1ccccc1I)N1CCCC(Oc2cnccn2)C1. The zero-order valence-electron chi connectivity index (χ0n) is 12.0. The molecule has 114 valence electrons. The molecule has 1 aliphatic rings. The van der Waals surface area contributed by atoms with E-state index < -0.39 is 0 Å². The van der Waals surface area contributed by atoms with Gasteiger partial charge in [0.15, 0.2) is 0 Å². The zero-order chi connectivity index (χ0) is 15.4. The molecule has 0 aliphatic carbocycles. The molecule has 1 saturated heterocycles. The van der Waals surface area contributed by atoms with Gasteiger partial charge < -0.3 is 9.64 Å². The number of hydrogen-bond acceptors (Lipinski definition) is 4. The smallest absolute Gasteiger partial charge is 0.255 e. The molecule has 1 aromatic carbocycles. The van der Waals surface area contributed by atoms with E-state index in [4.69, 9.17) is 4.74 Å². The molecule has 1 amide bonds. The summed E-state index contributed by atoms with van der Waals surface area (Å²) in [5, 5.41) is 0. The number of nitrogens with zero attached hydrogens (tertiary/aromatic N) is 3. The third kappa shape index (κ3) is 3.55. The highest BCUT2D eigenvalue weighted by molar-refractivity contribution is 14.1. The summed E-state index contributed by atoms with van der Waals surface area (Å²) in [4.78, 5) is 22.6. The van der Waals surface area contributed by atoms with E-state index in [1.165, 1.54) is 0 Å². The lowest BCUT2D eigenvalue weighted by atomic mass is 10.1. The minimum absolute atomic E-state index is 0.0317. The predicted molar refractivity (Wildman–Crippen MR) is 90.7 cm³/mol. The topological polar surface area (TPSA) is 55.3 Å². The molecule has 1 aliphatic heterocycles. The van der Waals surface area contributed by atoms with Gasteiger partial charge in [0.1, 0.15) is 6.10 Å². The van der Waals surface area contributed by atoms with E-state index in [0.717, 1.165) is 28.5 Å². The van der Waals surface area contributed by atoms with E-state index in [0.29, 0.717) is 12.4 Å². The monoisotopic (exact) mass is 409 g/mol. The second-order valence-electron chi connectivity index (χ2n) is 5.16. The summed E-state index contributed by atoms with van der Waals surface area (Å²) in [7, 11) is 0. The summed E-state index contributed by atoms with van der Waals surface area (Å²) in [6.45, 7) is 1.35. The van der Waals surface area contributed by atoms with Crippen LogP contribution in [0.25, 0.3) is 0 Å². The first-order valence-electron chi connectivity index (χ1n) is 7.20. The van der Waals surface area contributed by atoms with Crippen molar-refractivity contribution in [2.75, 3.05) is 13.1 Å². The Balaban J connectivity index is 1.68. The van der Waals surface area contributed by atoms with Gasteiger partial charge in [-0.1, -0.05) is 12.1 Å². The lowest BCUT2D eigenvalue weighted by Crippen LogP contribution is -2.44. The van der Waals surface area contributed by atoms with Crippen molar-refractivity contribution in [2.45, 2.75) is 18.9 Å². The molecule has 3 rings (SSSR count). The van der Waals surface area contributed by atoms with Crippen molar-refractivity contribution in [1.82, 2.24) is 14.9 Å². The Morgan fingerprint density at radius 1 is 1.32 bits per heavy atom. The largest absolute Gasteiger partial charge is 0.471 e. The van der Waals surface area contributed by atoms with E-state index >= 15 is 0 Å². The molecule has 2 aromatic rings. The van der Waals surface area contributed by atoms with Crippen molar-refractivity contribution < 1.29 is 9.53 Å². The number of likely N-dealkylation sites (tertiary alicyclic amines) is 1. The second kappa shape index (κ2) is 7.04. The Bertz CT molecular complexity index is 651. The molecule has 1 unspecified atom stereocenters. The van der Waals surface area contributed by atoms with Crippen molar-refractivity contribution in [3.05, 3.63) is 52.0 Å². The Kier molecular flexibility index (Phi) is 4.87. The van der Waals surface area contributed by atoms with Crippen LogP contribution in [-0.4, -0.2) is 40.0 Å². The number of piperidine rings is 1. The van der Waals surface area contributed by atoms with Gasteiger partial charge in [0, 0.05) is 22.5 Å². The minimum Gasteiger partial charge on any atom is -0.471 e. The maximum absolute atomic E-state index is 12.7. The van der Waals surface area contributed by atoms with Gasteiger partial charge in [-0.05, 0) is 47.6 Å². The van der Waals surface area contributed by atoms with Gasteiger partial charge >= 0.3 is 0 Å². The van der Waals surface area contributed by atoms with Crippen LogP contribution in [0.2, 0.25) is 0 Å². The first-order valence-corrected chi connectivity index (χ1v) is 8.28. The summed E-state index contributed by atoms with van der Waals surface area (Å²) in [5.74, 6) is 0.577. The first-order chi connectivity index (χ1) is 10.7. The third-order valence-electron chi connectivity index (χ3n) is 3.60. The maximum atomic E-state index is 12.7. The van der Waals surface area contributed by atoms with E-state index in [1.807, 2.05) is 29.2 Å². The molecule has 0 N–H and O–H groups in total. The fourth-order valence-corrected chi connectivity index (χ4v) is 3.16. The lowest BCUT2D eigenvalue weighted by Gasteiger charge is -2.32. The van der Waals surface area contributed by atoms with Gasteiger partial charge in [-0.25, -0.2) is 4.98 Å². The number of hydrogen-bond donors (Lipinski definition) is 0. The van der Waals surface area contributed by atoms with E-state index in [9.17, 15) is 4.79 Å². The summed E-state index contributed by atoms with van der Waals surface area (Å²) in [6, 6.07) is 7.66. The lowest BCUT2D eigenvalue weighted by molar-refractivity contribution is 0.0526. The molecule has 0 radical (unpaired) electrons. The van der Waals surface area contributed by atoms with E-state index in [2.05, 4.69) is 32.6 Å². The Morgan fingerprint density at radius 3 is 2.95 bits per heavy atom. The van der Waals surface area contributed by atoms with Gasteiger partial charge in [0.05, 0.1) is 18.3 Å².